The van der Waals surface area contributed by atoms with Crippen molar-refractivity contribution in [3.8, 4) is 78.7 Å². The molecule has 0 aliphatic heterocycles. The van der Waals surface area contributed by atoms with Crippen LogP contribution in [-0.4, -0.2) is 15.0 Å². The van der Waals surface area contributed by atoms with Gasteiger partial charge < -0.3 is 4.42 Å². The van der Waals surface area contributed by atoms with E-state index in [1.165, 1.54) is 11.1 Å². The average Bonchev–Trinajstić information content (AvgIpc) is 3.66. The van der Waals surface area contributed by atoms with Crippen molar-refractivity contribution < 1.29 is 4.42 Å². The molecule has 0 saturated carbocycles. The number of para-hydroxylation sites is 1. The smallest absolute Gasteiger partial charge is 0.164 e. The zero-order chi connectivity index (χ0) is 36.6. The topological polar surface area (TPSA) is 51.8 Å². The van der Waals surface area contributed by atoms with Gasteiger partial charge in [0.2, 0.25) is 0 Å². The highest BCUT2D eigenvalue weighted by molar-refractivity contribution is 6.10. The van der Waals surface area contributed by atoms with Crippen LogP contribution in [0.4, 0.5) is 0 Å². The van der Waals surface area contributed by atoms with E-state index in [4.69, 9.17) is 19.4 Å². The number of furan rings is 1. The van der Waals surface area contributed by atoms with E-state index in [2.05, 4.69) is 170 Å². The van der Waals surface area contributed by atoms with Crippen LogP contribution in [0.5, 0.6) is 0 Å². The van der Waals surface area contributed by atoms with E-state index in [-0.39, 0.29) is 0 Å². The van der Waals surface area contributed by atoms with Crippen molar-refractivity contribution in [2.75, 3.05) is 0 Å². The summed E-state index contributed by atoms with van der Waals surface area (Å²) in [5.41, 5.74) is 13.5. The summed E-state index contributed by atoms with van der Waals surface area (Å²) in [6.07, 6.45) is 0. The first-order valence-corrected chi connectivity index (χ1v) is 18.4. The van der Waals surface area contributed by atoms with Crippen LogP contribution in [0.1, 0.15) is 0 Å². The van der Waals surface area contributed by atoms with Crippen molar-refractivity contribution >= 4 is 21.9 Å². The lowest BCUT2D eigenvalue weighted by Gasteiger charge is -2.10. The highest BCUT2D eigenvalue weighted by atomic mass is 16.3. The number of aromatic nitrogens is 3. The van der Waals surface area contributed by atoms with Crippen molar-refractivity contribution in [1.82, 2.24) is 15.0 Å². The SMILES string of the molecule is c1ccc(-c2ccc(-c3nc(-c4ccc(-c5ccccc5)cc4)nc(-c4ccc5oc6c(-c7ccc(-c8ccccc8)cc7)cccc6c5c4)n3)cc2)cc1. The highest BCUT2D eigenvalue weighted by Gasteiger charge is 2.17. The molecule has 0 fully saturated rings. The zero-order valence-electron chi connectivity index (χ0n) is 29.8. The molecule has 0 radical (unpaired) electrons. The molecule has 2 aromatic heterocycles. The Kier molecular flexibility index (Phi) is 8.12. The fraction of sp³-hybridized carbons (Fsp3) is 0. The van der Waals surface area contributed by atoms with Gasteiger partial charge in [0.1, 0.15) is 11.2 Å². The molecule has 10 aromatic rings. The summed E-state index contributed by atoms with van der Waals surface area (Å²) in [6, 6.07) is 69.3. The van der Waals surface area contributed by atoms with Crippen LogP contribution in [0.25, 0.3) is 101 Å². The molecule has 0 N–H and O–H groups in total. The van der Waals surface area contributed by atoms with E-state index in [9.17, 15) is 0 Å². The summed E-state index contributed by atoms with van der Waals surface area (Å²) < 4.78 is 6.57. The molecule has 0 bridgehead atoms. The van der Waals surface area contributed by atoms with Crippen LogP contribution in [0, 0.1) is 0 Å². The third-order valence-corrected chi connectivity index (χ3v) is 10.2. The molecule has 0 aliphatic rings. The van der Waals surface area contributed by atoms with Crippen LogP contribution in [0.15, 0.2) is 205 Å². The van der Waals surface area contributed by atoms with Crippen LogP contribution >= 0.6 is 0 Å². The molecular weight excluding hydrogens is 671 g/mol. The Morgan fingerprint density at radius 2 is 0.655 bits per heavy atom. The van der Waals surface area contributed by atoms with Gasteiger partial charge in [0.05, 0.1) is 0 Å². The lowest BCUT2D eigenvalue weighted by Crippen LogP contribution is -2.00. The van der Waals surface area contributed by atoms with Crippen LogP contribution in [0.2, 0.25) is 0 Å². The predicted octanol–water partition coefficient (Wildman–Crippen LogP) is 13.4. The molecule has 2 heterocycles. The average molecular weight is 704 g/mol. The van der Waals surface area contributed by atoms with Gasteiger partial charge in [-0.3, -0.25) is 0 Å². The van der Waals surface area contributed by atoms with Crippen molar-refractivity contribution in [1.29, 1.82) is 0 Å². The van der Waals surface area contributed by atoms with Crippen molar-refractivity contribution in [3.05, 3.63) is 200 Å². The zero-order valence-corrected chi connectivity index (χ0v) is 29.8. The standard InChI is InChI=1S/C51H33N3O/c1-4-11-34(12-5-1)37-19-25-40(26-20-37)44-17-10-18-45-46-33-43(31-32-47(46)55-48(44)45)51-53-49(41-27-21-38(22-28-41)35-13-6-2-7-14-35)52-50(54-51)42-29-23-39(24-30-42)36-15-8-3-9-16-36/h1-33H. The number of benzene rings is 8. The van der Waals surface area contributed by atoms with Crippen LogP contribution < -0.4 is 0 Å². The lowest BCUT2D eigenvalue weighted by molar-refractivity contribution is 0.670. The maximum absolute atomic E-state index is 6.57. The normalized spacial score (nSPS) is 11.3. The number of hydrogen-bond acceptors (Lipinski definition) is 4. The Bertz CT molecular complexity index is 2820. The van der Waals surface area contributed by atoms with Gasteiger partial charge in [-0.2, -0.15) is 0 Å². The van der Waals surface area contributed by atoms with Gasteiger partial charge in [-0.1, -0.05) is 182 Å². The van der Waals surface area contributed by atoms with E-state index < -0.39 is 0 Å². The minimum atomic E-state index is 0.600. The van der Waals surface area contributed by atoms with E-state index >= 15 is 0 Å². The Morgan fingerprint density at radius 1 is 0.273 bits per heavy atom. The first kappa shape index (κ1) is 32.2. The molecule has 4 nitrogen and oxygen atoms in total. The molecule has 0 aliphatic carbocycles. The molecule has 0 saturated heterocycles. The minimum absolute atomic E-state index is 0.600. The van der Waals surface area contributed by atoms with Gasteiger partial charge in [0.25, 0.3) is 0 Å². The number of nitrogens with zero attached hydrogens (tertiary/aromatic N) is 3. The monoisotopic (exact) mass is 703 g/mol. The highest BCUT2D eigenvalue weighted by Crippen LogP contribution is 2.38. The molecular formula is C51H33N3O. The van der Waals surface area contributed by atoms with Crippen LogP contribution in [-0.2, 0) is 0 Å². The van der Waals surface area contributed by atoms with E-state index in [0.29, 0.717) is 17.5 Å². The third-order valence-electron chi connectivity index (χ3n) is 10.2. The molecule has 0 unspecified atom stereocenters. The fourth-order valence-corrected chi connectivity index (χ4v) is 7.29. The van der Waals surface area contributed by atoms with E-state index in [1.54, 1.807) is 0 Å². The quantitative estimate of drug-likeness (QED) is 0.166. The molecule has 10 rings (SSSR count). The summed E-state index contributed by atoms with van der Waals surface area (Å²) in [5, 5.41) is 2.06. The van der Waals surface area contributed by atoms with E-state index in [1.807, 2.05) is 30.3 Å². The molecule has 258 valence electrons. The lowest BCUT2D eigenvalue weighted by atomic mass is 9.98. The molecule has 4 heteroatoms. The van der Waals surface area contributed by atoms with Crippen molar-refractivity contribution in [2.24, 2.45) is 0 Å². The van der Waals surface area contributed by atoms with E-state index in [0.717, 1.165) is 72.0 Å². The van der Waals surface area contributed by atoms with Gasteiger partial charge in [-0.05, 0) is 57.1 Å². The van der Waals surface area contributed by atoms with Crippen molar-refractivity contribution in [2.45, 2.75) is 0 Å². The third kappa shape index (κ3) is 6.26. The first-order valence-electron chi connectivity index (χ1n) is 18.4. The van der Waals surface area contributed by atoms with Gasteiger partial charge in [-0.25, -0.2) is 15.0 Å². The Morgan fingerprint density at radius 3 is 1.13 bits per heavy atom. The molecule has 0 spiro atoms. The number of rotatable bonds is 7. The summed E-state index contributed by atoms with van der Waals surface area (Å²) in [7, 11) is 0. The Labute approximate surface area is 319 Å². The summed E-state index contributed by atoms with van der Waals surface area (Å²) >= 11 is 0. The summed E-state index contributed by atoms with van der Waals surface area (Å²) in [6.45, 7) is 0. The van der Waals surface area contributed by atoms with Gasteiger partial charge in [-0.15, -0.1) is 0 Å². The van der Waals surface area contributed by atoms with Gasteiger partial charge in [0.15, 0.2) is 17.5 Å². The molecule has 0 atom stereocenters. The second-order valence-electron chi connectivity index (χ2n) is 13.6. The van der Waals surface area contributed by atoms with Crippen molar-refractivity contribution in [3.63, 3.8) is 0 Å². The number of fused-ring (bicyclic) bond motifs is 3. The summed E-state index contributed by atoms with van der Waals surface area (Å²) in [4.78, 5) is 15.2. The second kappa shape index (κ2) is 13.8. The minimum Gasteiger partial charge on any atom is -0.455 e. The molecule has 55 heavy (non-hydrogen) atoms. The molecule has 0 amide bonds. The second-order valence-corrected chi connectivity index (χ2v) is 13.6. The Hall–Kier alpha value is -7.43. The predicted molar refractivity (Wildman–Crippen MR) is 225 cm³/mol. The van der Waals surface area contributed by atoms with Gasteiger partial charge in [0, 0.05) is 33.0 Å². The largest absolute Gasteiger partial charge is 0.455 e. The molecule has 8 aromatic carbocycles. The summed E-state index contributed by atoms with van der Waals surface area (Å²) in [5.74, 6) is 1.83. The van der Waals surface area contributed by atoms with Gasteiger partial charge >= 0.3 is 0 Å². The first-order chi connectivity index (χ1) is 27.2. The maximum Gasteiger partial charge on any atom is 0.164 e. The van der Waals surface area contributed by atoms with Crippen LogP contribution in [0.3, 0.4) is 0 Å². The number of hydrogen-bond donors (Lipinski definition) is 0. The Balaban J connectivity index is 1.06. The fourth-order valence-electron chi connectivity index (χ4n) is 7.29. The maximum atomic E-state index is 6.57.